The molecule has 0 fully saturated rings. The van der Waals surface area contributed by atoms with Gasteiger partial charge in [0, 0.05) is 50.1 Å². The fourth-order valence-corrected chi connectivity index (χ4v) is 5.96. The predicted molar refractivity (Wildman–Crippen MR) is 208 cm³/mol. The number of carbonyl (C=O) groups excluding carboxylic acids is 6. The molecule has 1 aliphatic heterocycles. The third-order valence-corrected chi connectivity index (χ3v) is 8.85. The zero-order chi connectivity index (χ0) is 46.5. The maximum atomic E-state index is 15.0. The van der Waals surface area contributed by atoms with Crippen molar-refractivity contribution in [2.45, 2.75) is 52.0 Å². The van der Waals surface area contributed by atoms with Gasteiger partial charge in [-0.05, 0) is 35.6 Å². The molecule has 0 spiro atoms. The van der Waals surface area contributed by atoms with Crippen molar-refractivity contribution in [3.63, 3.8) is 0 Å². The molecule has 3 aromatic rings. The maximum absolute atomic E-state index is 15.0. The number of benzene rings is 2. The van der Waals surface area contributed by atoms with Crippen LogP contribution in [0.1, 0.15) is 44.6 Å². The van der Waals surface area contributed by atoms with Crippen LogP contribution in [0.15, 0.2) is 66.9 Å². The number of imidazole rings is 1. The maximum Gasteiger partial charge on any atom is 0.490 e. The van der Waals surface area contributed by atoms with Gasteiger partial charge in [-0.3, -0.25) is 38.7 Å². The van der Waals surface area contributed by atoms with Crippen LogP contribution in [0, 0.1) is 17.0 Å². The predicted octanol–water partition coefficient (Wildman–Crippen LogP) is 0.995. The Kier molecular flexibility index (Phi) is 17.5. The lowest BCUT2D eigenvalue weighted by atomic mass is 9.84. The number of aliphatic hydroxyl groups excluding tert-OH is 1. The molecule has 1 aliphatic rings. The number of carbonyl (C=O) groups is 7. The van der Waals surface area contributed by atoms with Crippen LogP contribution in [0.5, 0.6) is 0 Å². The molecule has 1 aromatic heterocycles. The van der Waals surface area contributed by atoms with E-state index in [9.17, 15) is 55.8 Å². The van der Waals surface area contributed by atoms with Crippen molar-refractivity contribution in [1.29, 1.82) is 0 Å². The summed E-state index contributed by atoms with van der Waals surface area (Å²) in [5.74, 6) is -1.99. The van der Waals surface area contributed by atoms with Crippen LogP contribution in [-0.4, -0.2) is 128 Å². The standard InChI is InChI=1S/C37H45F2N9O7.C2HF3O2/c1-37(2,3)34(35-44-28(25-17-24(38)9-10-26(25)39)19-45(35)18-23-7-5-4-6-8-23)46(33(54)22-49)16-13-27(40)36(55)48(41)21-30(51)43-15-14-42-29(50)20-47-31(52)11-12-32(47)53;3-2(4,5)1(6)7/h4-12,17,19,27,34,49H,13-16,18,20-22,40-41H2,1-3H3,(H,42,50)(H,43,51);(H,6,7). The van der Waals surface area contributed by atoms with Crippen LogP contribution >= 0.6 is 0 Å². The number of aliphatic hydroxyl groups is 1. The largest absolute Gasteiger partial charge is 0.490 e. The Morgan fingerprint density at radius 1 is 0.919 bits per heavy atom. The third-order valence-electron chi connectivity index (χ3n) is 8.85. The summed E-state index contributed by atoms with van der Waals surface area (Å²) in [6.45, 7) is 3.53. The summed E-state index contributed by atoms with van der Waals surface area (Å²) in [5.41, 5.74) is 6.33. The molecule has 4 rings (SSSR count). The molecule has 23 heteroatoms. The van der Waals surface area contributed by atoms with Gasteiger partial charge in [-0.1, -0.05) is 51.1 Å². The minimum Gasteiger partial charge on any atom is -0.475 e. The molecule has 2 unspecified atom stereocenters. The van der Waals surface area contributed by atoms with E-state index in [1.54, 1.807) is 10.8 Å². The average molecular weight is 880 g/mol. The van der Waals surface area contributed by atoms with E-state index >= 15 is 0 Å². The zero-order valence-corrected chi connectivity index (χ0v) is 33.7. The van der Waals surface area contributed by atoms with Gasteiger partial charge >= 0.3 is 12.1 Å². The Labute approximate surface area is 351 Å². The Balaban J connectivity index is 0.00000134. The minimum atomic E-state index is -5.08. The van der Waals surface area contributed by atoms with Gasteiger partial charge in [0.25, 0.3) is 17.7 Å². The first-order valence-electron chi connectivity index (χ1n) is 18.6. The molecule has 6 amide bonds. The highest BCUT2D eigenvalue weighted by Crippen LogP contribution is 2.39. The number of carboxylic acids is 1. The Hall–Kier alpha value is -6.59. The molecule has 0 radical (unpaired) electrons. The van der Waals surface area contributed by atoms with Gasteiger partial charge in [0.1, 0.15) is 37.2 Å². The van der Waals surface area contributed by atoms with E-state index < -0.39 is 96.4 Å². The van der Waals surface area contributed by atoms with Crippen molar-refractivity contribution < 1.29 is 65.7 Å². The van der Waals surface area contributed by atoms with Crippen molar-refractivity contribution in [2.75, 3.05) is 39.3 Å². The molecule has 0 saturated carbocycles. The number of aromatic nitrogens is 2. The first-order valence-corrected chi connectivity index (χ1v) is 18.6. The van der Waals surface area contributed by atoms with Crippen molar-refractivity contribution >= 4 is 41.4 Å². The lowest BCUT2D eigenvalue weighted by molar-refractivity contribution is -0.192. The Morgan fingerprint density at radius 2 is 1.50 bits per heavy atom. The van der Waals surface area contributed by atoms with Gasteiger partial charge in [-0.2, -0.15) is 13.2 Å². The molecule has 336 valence electrons. The summed E-state index contributed by atoms with van der Waals surface area (Å²) in [5, 5.41) is 22.7. The Morgan fingerprint density at radius 3 is 2.05 bits per heavy atom. The molecule has 2 atom stereocenters. The summed E-state index contributed by atoms with van der Waals surface area (Å²) >= 11 is 0. The molecule has 0 bridgehead atoms. The van der Waals surface area contributed by atoms with E-state index in [1.807, 2.05) is 51.1 Å². The highest BCUT2D eigenvalue weighted by molar-refractivity contribution is 6.14. The monoisotopic (exact) mass is 879 g/mol. The lowest BCUT2D eigenvalue weighted by Gasteiger charge is -2.40. The van der Waals surface area contributed by atoms with Gasteiger partial charge in [0.2, 0.25) is 17.7 Å². The van der Waals surface area contributed by atoms with Gasteiger partial charge < -0.3 is 36.0 Å². The number of aliphatic carboxylic acids is 1. The summed E-state index contributed by atoms with van der Waals surface area (Å²) in [7, 11) is 0. The molecule has 18 nitrogen and oxygen atoms in total. The smallest absolute Gasteiger partial charge is 0.475 e. The first-order chi connectivity index (χ1) is 28.9. The fraction of sp³-hybridized carbons (Fsp3) is 0.385. The second kappa shape index (κ2) is 21.8. The number of amides is 6. The van der Waals surface area contributed by atoms with Gasteiger partial charge in [0.15, 0.2) is 0 Å². The molecule has 8 N–H and O–H groups in total. The molecule has 62 heavy (non-hydrogen) atoms. The number of halogens is 5. The topological polar surface area (TPSA) is 264 Å². The first kappa shape index (κ1) is 49.8. The number of alkyl halides is 3. The van der Waals surface area contributed by atoms with Crippen LogP contribution in [-0.2, 0) is 40.1 Å². The zero-order valence-electron chi connectivity index (χ0n) is 33.7. The van der Waals surface area contributed by atoms with E-state index in [2.05, 4.69) is 10.6 Å². The van der Waals surface area contributed by atoms with Crippen LogP contribution in [0.25, 0.3) is 11.3 Å². The second-order valence-corrected chi connectivity index (χ2v) is 14.7. The number of nitrogens with zero attached hydrogens (tertiary/aromatic N) is 5. The molecular formula is C39H46F5N9O9. The van der Waals surface area contributed by atoms with Crippen LogP contribution in [0.3, 0.4) is 0 Å². The highest BCUT2D eigenvalue weighted by atomic mass is 19.4. The van der Waals surface area contributed by atoms with E-state index in [4.69, 9.17) is 26.5 Å². The number of nitrogens with two attached hydrogens (primary N) is 2. The summed E-state index contributed by atoms with van der Waals surface area (Å²) in [4.78, 5) is 90.0. The van der Waals surface area contributed by atoms with E-state index in [-0.39, 0.29) is 43.9 Å². The number of hydrogen-bond acceptors (Lipinski definition) is 11. The van der Waals surface area contributed by atoms with Crippen LogP contribution in [0.2, 0.25) is 0 Å². The fourth-order valence-electron chi connectivity index (χ4n) is 5.96. The molecule has 0 aliphatic carbocycles. The number of rotatable bonds is 17. The number of carboxylic acid groups (broad SMARTS) is 1. The van der Waals surface area contributed by atoms with E-state index in [0.29, 0.717) is 10.8 Å². The average Bonchev–Trinajstić information content (AvgIpc) is 3.75. The SMILES string of the molecule is CC(C)(C)C(c1nc(-c2cc(F)ccc2F)cn1Cc1ccccc1)N(CCC(N)C(=O)N(N)CC(=O)NCCNC(=O)CN1C(=O)C=CC1=O)C(=O)CO.O=C(O)C(F)(F)F. The van der Waals surface area contributed by atoms with Crippen molar-refractivity contribution in [3.8, 4) is 11.3 Å². The molecular weight excluding hydrogens is 833 g/mol. The number of hydrogen-bond donors (Lipinski definition) is 6. The second-order valence-electron chi connectivity index (χ2n) is 14.7. The van der Waals surface area contributed by atoms with Gasteiger partial charge in [0.05, 0.1) is 17.8 Å². The lowest BCUT2D eigenvalue weighted by Crippen LogP contribution is -2.53. The van der Waals surface area contributed by atoms with E-state index in [0.717, 1.165) is 40.8 Å². The normalized spacial score (nSPS) is 13.5. The summed E-state index contributed by atoms with van der Waals surface area (Å²) in [6.07, 6.45) is -1.57. The summed E-state index contributed by atoms with van der Waals surface area (Å²) < 4.78 is 62.7. The minimum absolute atomic E-state index is 0.0435. The number of hydrazine groups is 1. The van der Waals surface area contributed by atoms with Gasteiger partial charge in [-0.15, -0.1) is 0 Å². The third kappa shape index (κ3) is 14.3. The van der Waals surface area contributed by atoms with Crippen LogP contribution < -0.4 is 22.2 Å². The van der Waals surface area contributed by atoms with Crippen molar-refractivity contribution in [3.05, 3.63) is 89.9 Å². The molecule has 2 aromatic carbocycles. The quantitative estimate of drug-likeness (QED) is 0.0277. The van der Waals surface area contributed by atoms with Crippen molar-refractivity contribution in [2.24, 2.45) is 17.0 Å². The van der Waals surface area contributed by atoms with Gasteiger partial charge in [-0.25, -0.2) is 24.4 Å². The highest BCUT2D eigenvalue weighted by Gasteiger charge is 2.39. The van der Waals surface area contributed by atoms with Crippen LogP contribution in [0.4, 0.5) is 22.0 Å². The van der Waals surface area contributed by atoms with E-state index in [1.165, 1.54) is 4.90 Å². The number of nitrogens with one attached hydrogen (secondary N) is 2. The number of imide groups is 1. The Bertz CT molecular complexity index is 2130. The molecule has 2 heterocycles. The van der Waals surface area contributed by atoms with Crippen molar-refractivity contribution in [1.82, 2.24) is 35.0 Å². The molecule has 0 saturated heterocycles. The summed E-state index contributed by atoms with van der Waals surface area (Å²) in [6, 6.07) is 10.1.